The number of hydrogen-bond acceptors (Lipinski definition) is 6. The minimum absolute atomic E-state index is 0.0534. The molecule has 0 spiro atoms. The number of carbonyl (C=O) groups excluding carboxylic acids is 4. The van der Waals surface area contributed by atoms with Gasteiger partial charge in [-0.1, -0.05) is 0 Å². The molecule has 1 saturated heterocycles. The molecule has 8 heteroatoms. The van der Waals surface area contributed by atoms with Crippen molar-refractivity contribution in [2.75, 3.05) is 13.2 Å². The number of carbonyl (C=O) groups is 4. The smallest absolute Gasteiger partial charge is 0.338 e. The van der Waals surface area contributed by atoms with Crippen molar-refractivity contribution >= 4 is 23.6 Å². The summed E-state index contributed by atoms with van der Waals surface area (Å²) in [4.78, 5) is 51.4. The normalized spacial score (nSPS) is 18.8. The van der Waals surface area contributed by atoms with Crippen molar-refractivity contribution in [3.8, 4) is 0 Å². The molecule has 2 heterocycles. The Morgan fingerprint density at radius 2 is 1.77 bits per heavy atom. The highest BCUT2D eigenvalue weighted by molar-refractivity contribution is 6.22. The van der Waals surface area contributed by atoms with Crippen LogP contribution in [0.3, 0.4) is 0 Å². The van der Waals surface area contributed by atoms with Crippen LogP contribution in [0.5, 0.6) is 0 Å². The fraction of sp³-hybridized carbons (Fsp3) is 0.304. The second kappa shape index (κ2) is 8.39. The summed E-state index contributed by atoms with van der Waals surface area (Å²) in [5.41, 5.74) is 0.601. The molecule has 0 unspecified atom stereocenters. The lowest BCUT2D eigenvalue weighted by Crippen LogP contribution is -2.36. The van der Waals surface area contributed by atoms with Crippen LogP contribution in [0.15, 0.2) is 42.5 Å². The van der Waals surface area contributed by atoms with Crippen molar-refractivity contribution in [3.63, 3.8) is 0 Å². The van der Waals surface area contributed by atoms with Crippen molar-refractivity contribution < 1.29 is 33.0 Å². The standard InChI is InChI=1S/C23H20FNO6/c1-13(20(26)14-4-7-16(24)8-5-14)31-23(29)15-6-9-18-19(11-15)22(28)25(21(18)27)12-17-3-2-10-30-17/h4-9,11,13,17H,2-3,10,12H2,1H3/t13-,17+/m1/s1. The van der Waals surface area contributed by atoms with Crippen LogP contribution in [0.1, 0.15) is 61.2 Å². The van der Waals surface area contributed by atoms with E-state index in [0.29, 0.717) is 6.61 Å². The summed E-state index contributed by atoms with van der Waals surface area (Å²) in [6.45, 7) is 2.20. The number of rotatable bonds is 6. The molecule has 1 fully saturated rings. The second-order valence-corrected chi connectivity index (χ2v) is 7.53. The molecule has 0 aliphatic carbocycles. The molecule has 2 atom stereocenters. The topological polar surface area (TPSA) is 90.0 Å². The molecule has 0 N–H and O–H groups in total. The maximum atomic E-state index is 13.0. The minimum Gasteiger partial charge on any atom is -0.451 e. The molecule has 2 aliphatic rings. The Labute approximate surface area is 177 Å². The van der Waals surface area contributed by atoms with Crippen LogP contribution in [0.2, 0.25) is 0 Å². The highest BCUT2D eigenvalue weighted by atomic mass is 19.1. The van der Waals surface area contributed by atoms with Gasteiger partial charge in [-0.05, 0) is 62.2 Å². The van der Waals surface area contributed by atoms with E-state index in [1.165, 1.54) is 37.3 Å². The Balaban J connectivity index is 1.46. The SMILES string of the molecule is C[C@@H](OC(=O)c1ccc2c(c1)C(=O)N(C[C@@H]1CCCO1)C2=O)C(=O)c1ccc(F)cc1. The van der Waals surface area contributed by atoms with Crippen LogP contribution in [-0.4, -0.2) is 53.8 Å². The fourth-order valence-corrected chi connectivity index (χ4v) is 3.71. The number of ketones is 1. The molecule has 160 valence electrons. The first-order valence-electron chi connectivity index (χ1n) is 9.98. The third kappa shape index (κ3) is 4.11. The molecule has 0 radical (unpaired) electrons. The first-order valence-corrected chi connectivity index (χ1v) is 9.98. The van der Waals surface area contributed by atoms with Crippen LogP contribution >= 0.6 is 0 Å². The molecule has 0 aromatic heterocycles. The summed E-state index contributed by atoms with van der Waals surface area (Å²) in [7, 11) is 0. The highest BCUT2D eigenvalue weighted by Gasteiger charge is 2.38. The summed E-state index contributed by atoms with van der Waals surface area (Å²) >= 11 is 0. The van der Waals surface area contributed by atoms with E-state index < -0.39 is 35.5 Å². The average Bonchev–Trinajstić information content (AvgIpc) is 3.36. The number of hydrogen-bond donors (Lipinski definition) is 0. The van der Waals surface area contributed by atoms with E-state index in [1.807, 2.05) is 0 Å². The molecule has 0 bridgehead atoms. The first-order chi connectivity index (χ1) is 14.8. The Morgan fingerprint density at radius 1 is 1.10 bits per heavy atom. The maximum Gasteiger partial charge on any atom is 0.338 e. The molecule has 2 amide bonds. The van der Waals surface area contributed by atoms with Crippen molar-refractivity contribution in [1.82, 2.24) is 4.90 Å². The lowest BCUT2D eigenvalue weighted by Gasteiger charge is -2.17. The van der Waals surface area contributed by atoms with Gasteiger partial charge in [0.2, 0.25) is 5.78 Å². The molecule has 2 aromatic carbocycles. The number of imide groups is 1. The summed E-state index contributed by atoms with van der Waals surface area (Å²) in [6.07, 6.45) is 0.383. The van der Waals surface area contributed by atoms with E-state index in [-0.39, 0.29) is 34.9 Å². The van der Waals surface area contributed by atoms with Gasteiger partial charge in [-0.15, -0.1) is 0 Å². The number of nitrogens with zero attached hydrogens (tertiary/aromatic N) is 1. The average molecular weight is 425 g/mol. The maximum absolute atomic E-state index is 13.0. The lowest BCUT2D eigenvalue weighted by molar-refractivity contribution is 0.0318. The van der Waals surface area contributed by atoms with Gasteiger partial charge in [-0.2, -0.15) is 0 Å². The van der Waals surface area contributed by atoms with Gasteiger partial charge in [0.15, 0.2) is 6.10 Å². The summed E-state index contributed by atoms with van der Waals surface area (Å²) < 4.78 is 23.8. The van der Waals surface area contributed by atoms with Crippen molar-refractivity contribution in [1.29, 1.82) is 0 Å². The number of halogens is 1. The van der Waals surface area contributed by atoms with Crippen LogP contribution in [0.25, 0.3) is 0 Å². The van der Waals surface area contributed by atoms with E-state index in [9.17, 15) is 23.6 Å². The zero-order valence-corrected chi connectivity index (χ0v) is 16.8. The van der Waals surface area contributed by atoms with Crippen LogP contribution in [0, 0.1) is 5.82 Å². The molecule has 0 saturated carbocycles. The second-order valence-electron chi connectivity index (χ2n) is 7.53. The summed E-state index contributed by atoms with van der Waals surface area (Å²) in [6, 6.07) is 9.02. The molecule has 2 aliphatic heterocycles. The number of esters is 1. The number of Topliss-reactive ketones (excluding diaryl/α,β-unsaturated/α-hetero) is 1. The number of benzene rings is 2. The van der Waals surface area contributed by atoms with Gasteiger partial charge in [0.1, 0.15) is 5.82 Å². The van der Waals surface area contributed by atoms with E-state index in [4.69, 9.17) is 9.47 Å². The van der Waals surface area contributed by atoms with E-state index in [2.05, 4.69) is 0 Å². The predicted molar refractivity (Wildman–Crippen MR) is 106 cm³/mol. The Bertz CT molecular complexity index is 1060. The molecule has 4 rings (SSSR count). The molecular weight excluding hydrogens is 405 g/mol. The van der Waals surface area contributed by atoms with E-state index in [1.54, 1.807) is 0 Å². The zero-order valence-electron chi connectivity index (χ0n) is 16.8. The Hall–Kier alpha value is -3.39. The van der Waals surface area contributed by atoms with E-state index >= 15 is 0 Å². The lowest BCUT2D eigenvalue weighted by atomic mass is 10.1. The van der Waals surface area contributed by atoms with Gasteiger partial charge in [0.25, 0.3) is 11.8 Å². The highest BCUT2D eigenvalue weighted by Crippen LogP contribution is 2.26. The number of amides is 2. The van der Waals surface area contributed by atoms with Gasteiger partial charge >= 0.3 is 5.97 Å². The predicted octanol–water partition coefficient (Wildman–Crippen LogP) is 3.03. The monoisotopic (exact) mass is 425 g/mol. The molecule has 7 nitrogen and oxygen atoms in total. The van der Waals surface area contributed by atoms with Crippen LogP contribution in [-0.2, 0) is 9.47 Å². The molecule has 31 heavy (non-hydrogen) atoms. The summed E-state index contributed by atoms with van der Waals surface area (Å²) in [5, 5.41) is 0. The quantitative estimate of drug-likeness (QED) is 0.402. The first kappa shape index (κ1) is 20.9. The Kier molecular flexibility index (Phi) is 5.65. The molecule has 2 aromatic rings. The van der Waals surface area contributed by atoms with Crippen LogP contribution in [0.4, 0.5) is 4.39 Å². The summed E-state index contributed by atoms with van der Waals surface area (Å²) in [5.74, 6) is -2.67. The van der Waals surface area contributed by atoms with Gasteiger partial charge in [-0.3, -0.25) is 19.3 Å². The molecular formula is C23H20FNO6. The van der Waals surface area contributed by atoms with Gasteiger partial charge in [-0.25, -0.2) is 9.18 Å². The van der Waals surface area contributed by atoms with E-state index in [0.717, 1.165) is 29.9 Å². The van der Waals surface area contributed by atoms with Crippen molar-refractivity contribution in [2.24, 2.45) is 0 Å². The fourth-order valence-electron chi connectivity index (χ4n) is 3.71. The third-order valence-electron chi connectivity index (χ3n) is 5.40. The van der Waals surface area contributed by atoms with Gasteiger partial charge in [0, 0.05) is 12.2 Å². The third-order valence-corrected chi connectivity index (χ3v) is 5.40. The van der Waals surface area contributed by atoms with Gasteiger partial charge < -0.3 is 9.47 Å². The minimum atomic E-state index is -1.11. The van der Waals surface area contributed by atoms with Crippen LogP contribution < -0.4 is 0 Å². The Morgan fingerprint density at radius 3 is 2.45 bits per heavy atom. The van der Waals surface area contributed by atoms with Gasteiger partial charge in [0.05, 0.1) is 29.3 Å². The van der Waals surface area contributed by atoms with Crippen molar-refractivity contribution in [3.05, 3.63) is 70.5 Å². The largest absolute Gasteiger partial charge is 0.451 e. The van der Waals surface area contributed by atoms with Crippen molar-refractivity contribution in [2.45, 2.75) is 32.0 Å². The number of fused-ring (bicyclic) bond motifs is 1. The zero-order chi connectivity index (χ0) is 22.1. The number of ether oxygens (including phenoxy) is 2.